The van der Waals surface area contributed by atoms with Crippen molar-refractivity contribution >= 4 is 55.7 Å². The summed E-state index contributed by atoms with van der Waals surface area (Å²) in [6.07, 6.45) is 0. The van der Waals surface area contributed by atoms with Crippen molar-refractivity contribution in [2.24, 2.45) is 0 Å². The van der Waals surface area contributed by atoms with Crippen LogP contribution in [0.25, 0.3) is 32.7 Å². The lowest BCUT2D eigenvalue weighted by Crippen LogP contribution is -2.38. The number of nitrogens with zero attached hydrogens (tertiary/aromatic N) is 2. The fraction of sp³-hybridized carbons (Fsp3) is 0.120. The van der Waals surface area contributed by atoms with Crippen LogP contribution in [0, 0.1) is 0 Å². The molecular weight excluding hydrogens is 629 g/mol. The van der Waals surface area contributed by atoms with E-state index in [0.717, 1.165) is 17.1 Å². The molecule has 250 valence electrons. The summed E-state index contributed by atoms with van der Waals surface area (Å²) in [6.45, 7) is 9.54. The van der Waals surface area contributed by atoms with Gasteiger partial charge in [-0.1, -0.05) is 149 Å². The second kappa shape index (κ2) is 11.2. The van der Waals surface area contributed by atoms with E-state index in [0.29, 0.717) is 0 Å². The van der Waals surface area contributed by atoms with Crippen molar-refractivity contribution in [3.63, 3.8) is 0 Å². The van der Waals surface area contributed by atoms with E-state index in [-0.39, 0.29) is 10.8 Å². The summed E-state index contributed by atoms with van der Waals surface area (Å²) >= 11 is 0. The van der Waals surface area contributed by atoms with Crippen LogP contribution in [0.1, 0.15) is 49.9 Å². The van der Waals surface area contributed by atoms with E-state index in [9.17, 15) is 0 Å². The van der Waals surface area contributed by atoms with Crippen LogP contribution in [0.15, 0.2) is 170 Å². The molecule has 52 heavy (non-hydrogen) atoms. The highest BCUT2D eigenvalue weighted by molar-refractivity contribution is 5.98. The Morgan fingerprint density at radius 1 is 0.404 bits per heavy atom. The molecule has 0 aliphatic carbocycles. The molecule has 2 heteroatoms. The third kappa shape index (κ3) is 4.43. The normalized spacial score (nSPS) is 14.8. The van der Waals surface area contributed by atoms with Crippen LogP contribution in [0.4, 0.5) is 34.1 Å². The van der Waals surface area contributed by atoms with Crippen LogP contribution in [0.2, 0.25) is 0 Å². The Morgan fingerprint density at radius 3 is 1.77 bits per heavy atom. The minimum Gasteiger partial charge on any atom is -0.310 e. The summed E-state index contributed by atoms with van der Waals surface area (Å²) in [5.41, 5.74) is 14.8. The van der Waals surface area contributed by atoms with Gasteiger partial charge in [0.15, 0.2) is 0 Å². The summed E-state index contributed by atoms with van der Waals surface area (Å²) in [7, 11) is 0. The zero-order valence-electron chi connectivity index (χ0n) is 30.1. The van der Waals surface area contributed by atoms with Gasteiger partial charge in [-0.25, -0.2) is 0 Å². The maximum Gasteiger partial charge on any atom is 0.0543 e. The number of anilines is 6. The predicted octanol–water partition coefficient (Wildman–Crippen LogP) is 13.9. The first-order valence-corrected chi connectivity index (χ1v) is 18.4. The SMILES string of the molecule is CC1(C)c2ccccc2N2c3ccc(N(c4ccc(-c5cccc6ccccc56)cc4)c4ccc5ccccc5c4)cc3C(C)(C)c3cccc1c32. The lowest BCUT2D eigenvalue weighted by Gasteiger charge is -2.49. The number of para-hydroxylation sites is 2. The largest absolute Gasteiger partial charge is 0.310 e. The molecule has 2 heterocycles. The molecule has 0 saturated heterocycles. The summed E-state index contributed by atoms with van der Waals surface area (Å²) in [5, 5.41) is 4.99. The van der Waals surface area contributed by atoms with Crippen molar-refractivity contribution in [1.29, 1.82) is 0 Å². The molecule has 0 unspecified atom stereocenters. The van der Waals surface area contributed by atoms with Gasteiger partial charge >= 0.3 is 0 Å². The van der Waals surface area contributed by atoms with Gasteiger partial charge in [0.2, 0.25) is 0 Å². The second-order valence-electron chi connectivity index (χ2n) is 15.4. The van der Waals surface area contributed by atoms with Gasteiger partial charge in [-0.3, -0.25) is 0 Å². The molecule has 0 saturated carbocycles. The molecule has 0 spiro atoms. The highest BCUT2D eigenvalue weighted by atomic mass is 15.2. The van der Waals surface area contributed by atoms with Crippen LogP contribution in [-0.2, 0) is 10.8 Å². The van der Waals surface area contributed by atoms with E-state index in [2.05, 4.69) is 207 Å². The van der Waals surface area contributed by atoms with Gasteiger partial charge in [-0.15, -0.1) is 0 Å². The Morgan fingerprint density at radius 2 is 0.962 bits per heavy atom. The van der Waals surface area contributed by atoms with Gasteiger partial charge in [-0.05, 0) is 103 Å². The van der Waals surface area contributed by atoms with E-state index in [1.54, 1.807) is 0 Å². The smallest absolute Gasteiger partial charge is 0.0543 e. The first-order chi connectivity index (χ1) is 25.3. The molecule has 10 rings (SSSR count). The zero-order valence-corrected chi connectivity index (χ0v) is 30.1. The van der Waals surface area contributed by atoms with E-state index in [1.807, 2.05) is 0 Å². The highest BCUT2D eigenvalue weighted by Crippen LogP contribution is 2.60. The molecule has 0 atom stereocenters. The third-order valence-electron chi connectivity index (χ3n) is 11.8. The Balaban J connectivity index is 1.16. The van der Waals surface area contributed by atoms with Crippen molar-refractivity contribution in [3.05, 3.63) is 192 Å². The fourth-order valence-corrected chi connectivity index (χ4v) is 9.04. The standard InChI is InChI=1S/C50H40N2/c1-49(2)42-19-9-10-22-46(42)52-47-30-29-39(32-45(47)50(3,4)44-21-12-20-43(49)48(44)52)51(38-28-23-33-13-5-6-15-36(33)31-38)37-26-24-35(25-27-37)41-18-11-16-34-14-7-8-17-40(34)41/h5-32H,1-4H3. The lowest BCUT2D eigenvalue weighted by molar-refractivity contribution is 0.597. The Labute approximate surface area is 306 Å². The molecule has 0 N–H and O–H groups in total. The third-order valence-corrected chi connectivity index (χ3v) is 11.8. The summed E-state index contributed by atoms with van der Waals surface area (Å²) < 4.78 is 0. The van der Waals surface area contributed by atoms with Crippen molar-refractivity contribution in [2.75, 3.05) is 9.80 Å². The molecular formula is C50H40N2. The van der Waals surface area contributed by atoms with Crippen LogP contribution in [-0.4, -0.2) is 0 Å². The molecule has 2 aliphatic heterocycles. The minimum atomic E-state index is -0.219. The van der Waals surface area contributed by atoms with Gasteiger partial charge < -0.3 is 9.80 Å². The van der Waals surface area contributed by atoms with Gasteiger partial charge in [0.25, 0.3) is 0 Å². The average Bonchev–Trinajstić information content (AvgIpc) is 3.18. The topological polar surface area (TPSA) is 6.48 Å². The first-order valence-electron chi connectivity index (χ1n) is 18.4. The number of rotatable bonds is 4. The maximum atomic E-state index is 2.54. The summed E-state index contributed by atoms with van der Waals surface area (Å²) in [6, 6.07) is 62.8. The maximum absolute atomic E-state index is 2.54. The van der Waals surface area contributed by atoms with Crippen molar-refractivity contribution < 1.29 is 0 Å². The Bertz CT molecular complexity index is 2690. The first kappa shape index (κ1) is 30.7. The van der Waals surface area contributed by atoms with Gasteiger partial charge in [0.1, 0.15) is 0 Å². The number of benzene rings is 8. The molecule has 8 aromatic carbocycles. The summed E-state index contributed by atoms with van der Waals surface area (Å²) in [4.78, 5) is 4.96. The van der Waals surface area contributed by atoms with Crippen LogP contribution in [0.5, 0.6) is 0 Å². The Kier molecular flexibility index (Phi) is 6.60. The number of fused-ring (bicyclic) bond motifs is 6. The van der Waals surface area contributed by atoms with E-state index in [4.69, 9.17) is 0 Å². The van der Waals surface area contributed by atoms with Crippen molar-refractivity contribution in [1.82, 2.24) is 0 Å². The minimum absolute atomic E-state index is 0.100. The molecule has 0 fully saturated rings. The van der Waals surface area contributed by atoms with Crippen molar-refractivity contribution in [3.8, 4) is 11.1 Å². The number of hydrogen-bond donors (Lipinski definition) is 0. The quantitative estimate of drug-likeness (QED) is 0.184. The van der Waals surface area contributed by atoms with Gasteiger partial charge in [-0.2, -0.15) is 0 Å². The molecule has 0 aromatic heterocycles. The molecule has 8 aromatic rings. The Hall–Kier alpha value is -6.12. The van der Waals surface area contributed by atoms with E-state index >= 15 is 0 Å². The van der Waals surface area contributed by atoms with Gasteiger partial charge in [0.05, 0.1) is 17.1 Å². The predicted molar refractivity (Wildman–Crippen MR) is 221 cm³/mol. The molecule has 2 nitrogen and oxygen atoms in total. The van der Waals surface area contributed by atoms with E-state index < -0.39 is 0 Å². The van der Waals surface area contributed by atoms with Crippen molar-refractivity contribution in [2.45, 2.75) is 38.5 Å². The highest BCUT2D eigenvalue weighted by Gasteiger charge is 2.45. The lowest BCUT2D eigenvalue weighted by atomic mass is 9.66. The van der Waals surface area contributed by atoms with Gasteiger partial charge in [0, 0.05) is 27.9 Å². The van der Waals surface area contributed by atoms with E-state index in [1.165, 1.54) is 72.0 Å². The molecule has 2 aliphatic rings. The van der Waals surface area contributed by atoms with Crippen LogP contribution >= 0.6 is 0 Å². The molecule has 0 radical (unpaired) electrons. The zero-order chi connectivity index (χ0) is 35.2. The molecule has 0 amide bonds. The second-order valence-corrected chi connectivity index (χ2v) is 15.4. The monoisotopic (exact) mass is 668 g/mol. The van der Waals surface area contributed by atoms with Crippen LogP contribution < -0.4 is 9.80 Å². The summed E-state index contributed by atoms with van der Waals surface area (Å²) in [5.74, 6) is 0. The fourth-order valence-electron chi connectivity index (χ4n) is 9.04. The number of hydrogen-bond acceptors (Lipinski definition) is 2. The average molecular weight is 669 g/mol. The molecule has 0 bridgehead atoms. The van der Waals surface area contributed by atoms with Crippen LogP contribution in [0.3, 0.4) is 0 Å².